The van der Waals surface area contributed by atoms with Crippen LogP contribution in [0.5, 0.6) is 0 Å². The Morgan fingerprint density at radius 2 is 1.91 bits per heavy atom. The molecule has 1 atom stereocenters. The van der Waals surface area contributed by atoms with Crippen LogP contribution in [0, 0.1) is 0 Å². The van der Waals surface area contributed by atoms with Crippen LogP contribution >= 0.6 is 11.3 Å². The van der Waals surface area contributed by atoms with Crippen LogP contribution in [0.25, 0.3) is 16.3 Å². The van der Waals surface area contributed by atoms with Gasteiger partial charge in [-0.2, -0.15) is 5.10 Å². The second kappa shape index (κ2) is 8.43. The van der Waals surface area contributed by atoms with E-state index in [2.05, 4.69) is 5.32 Å². The topological polar surface area (TPSA) is 67.2 Å². The van der Waals surface area contributed by atoms with Gasteiger partial charge in [0.1, 0.15) is 5.69 Å². The Morgan fingerprint density at radius 3 is 2.69 bits per heavy atom. The second-order valence-electron chi connectivity index (χ2n) is 7.85. The zero-order chi connectivity index (χ0) is 22.1. The van der Waals surface area contributed by atoms with Crippen molar-refractivity contribution in [3.05, 3.63) is 89.4 Å². The fourth-order valence-corrected chi connectivity index (χ4v) is 4.83. The van der Waals surface area contributed by atoms with E-state index in [0.29, 0.717) is 12.2 Å². The summed E-state index contributed by atoms with van der Waals surface area (Å²) in [6.07, 6.45) is 2.14. The summed E-state index contributed by atoms with van der Waals surface area (Å²) >= 11 is 1.62. The molecule has 0 saturated heterocycles. The first-order valence-corrected chi connectivity index (χ1v) is 11.3. The maximum Gasteiger partial charge on any atom is 0.230 e. The van der Waals surface area contributed by atoms with Gasteiger partial charge in [0.25, 0.3) is 0 Å². The quantitative estimate of drug-likeness (QED) is 0.488. The summed E-state index contributed by atoms with van der Waals surface area (Å²) < 4.78 is 1.85. The number of hydrogen-bond acceptors (Lipinski definition) is 4. The van der Waals surface area contributed by atoms with Gasteiger partial charge in [0.15, 0.2) is 0 Å². The highest BCUT2D eigenvalue weighted by atomic mass is 32.1. The average molecular weight is 443 g/mol. The number of carbonyl (C=O) groups excluding carboxylic acids is 2. The molecule has 1 aliphatic rings. The third-order valence-electron chi connectivity index (χ3n) is 5.65. The highest BCUT2D eigenvalue weighted by Gasteiger charge is 2.32. The lowest BCUT2D eigenvalue weighted by Crippen LogP contribution is -2.36. The fraction of sp³-hybridized carbons (Fsp3) is 0.160. The standard InChI is InChI=1S/C25H22N4O2S/c1-28(25(31)20-14-23(30)26-21-11-6-5-10-19(20)21)15-17-16-29(18-8-3-2-4-9-18)27-24(17)22-12-7-13-32-22/h2-13,16,20H,14-15H2,1H3,(H,26,30). The summed E-state index contributed by atoms with van der Waals surface area (Å²) in [5.74, 6) is -0.692. The molecule has 1 N–H and O–H groups in total. The molecule has 1 unspecified atom stereocenters. The number of nitrogens with one attached hydrogen (secondary N) is 1. The molecule has 7 heteroatoms. The molecule has 1 aliphatic heterocycles. The van der Waals surface area contributed by atoms with Gasteiger partial charge < -0.3 is 10.2 Å². The van der Waals surface area contributed by atoms with Crippen LogP contribution in [0.1, 0.15) is 23.5 Å². The lowest BCUT2D eigenvalue weighted by molar-refractivity contribution is -0.134. The van der Waals surface area contributed by atoms with Crippen molar-refractivity contribution in [2.24, 2.45) is 0 Å². The highest BCUT2D eigenvalue weighted by molar-refractivity contribution is 7.13. The third-order valence-corrected chi connectivity index (χ3v) is 6.52. The Hall–Kier alpha value is -3.71. The first kappa shape index (κ1) is 20.2. The molecule has 0 spiro atoms. The van der Waals surface area contributed by atoms with Crippen molar-refractivity contribution in [2.45, 2.75) is 18.9 Å². The van der Waals surface area contributed by atoms with Crippen LogP contribution in [-0.2, 0) is 16.1 Å². The van der Waals surface area contributed by atoms with Crippen LogP contribution in [0.4, 0.5) is 5.69 Å². The maximum absolute atomic E-state index is 13.4. The molecule has 0 aliphatic carbocycles. The number of anilines is 1. The van der Waals surface area contributed by atoms with Gasteiger partial charge in [0.05, 0.1) is 16.5 Å². The Kier molecular flexibility index (Phi) is 5.33. The zero-order valence-corrected chi connectivity index (χ0v) is 18.4. The largest absolute Gasteiger partial charge is 0.341 e. The molecule has 32 heavy (non-hydrogen) atoms. The molecule has 160 valence electrons. The molecular formula is C25H22N4O2S. The van der Waals surface area contributed by atoms with Gasteiger partial charge in [-0.25, -0.2) is 4.68 Å². The normalized spacial score (nSPS) is 15.2. The summed E-state index contributed by atoms with van der Waals surface area (Å²) in [5.41, 5.74) is 4.36. The van der Waals surface area contributed by atoms with E-state index in [1.807, 2.05) is 83.0 Å². The molecule has 2 amide bonds. The molecule has 4 aromatic rings. The zero-order valence-electron chi connectivity index (χ0n) is 17.6. The number of benzene rings is 2. The molecule has 5 rings (SSSR count). The van der Waals surface area contributed by atoms with Crippen molar-refractivity contribution in [3.63, 3.8) is 0 Å². The van der Waals surface area contributed by atoms with Gasteiger partial charge >= 0.3 is 0 Å². The summed E-state index contributed by atoms with van der Waals surface area (Å²) in [4.78, 5) is 28.4. The lowest BCUT2D eigenvalue weighted by Gasteiger charge is -2.28. The molecule has 3 heterocycles. The number of para-hydroxylation sites is 2. The summed E-state index contributed by atoms with van der Waals surface area (Å²) in [6.45, 7) is 0.402. The van der Waals surface area contributed by atoms with Crippen LogP contribution in [0.2, 0.25) is 0 Å². The lowest BCUT2D eigenvalue weighted by atomic mass is 9.89. The minimum atomic E-state index is -0.487. The molecule has 0 bridgehead atoms. The number of rotatable bonds is 5. The van der Waals surface area contributed by atoms with Gasteiger partial charge in [-0.1, -0.05) is 42.5 Å². The maximum atomic E-state index is 13.4. The van der Waals surface area contributed by atoms with Crippen molar-refractivity contribution in [2.75, 3.05) is 12.4 Å². The predicted molar refractivity (Wildman–Crippen MR) is 126 cm³/mol. The molecule has 2 aromatic heterocycles. The van der Waals surface area contributed by atoms with Crippen LogP contribution in [0.3, 0.4) is 0 Å². The molecule has 2 aromatic carbocycles. The van der Waals surface area contributed by atoms with Crippen molar-refractivity contribution in [1.82, 2.24) is 14.7 Å². The first-order chi connectivity index (χ1) is 15.6. The number of aromatic nitrogens is 2. The van der Waals surface area contributed by atoms with Crippen molar-refractivity contribution in [3.8, 4) is 16.3 Å². The van der Waals surface area contributed by atoms with Gasteiger partial charge in [-0.3, -0.25) is 9.59 Å². The van der Waals surface area contributed by atoms with Crippen LogP contribution in [-0.4, -0.2) is 33.5 Å². The van der Waals surface area contributed by atoms with E-state index in [4.69, 9.17) is 5.10 Å². The molecule has 6 nitrogen and oxygen atoms in total. The first-order valence-electron chi connectivity index (χ1n) is 10.4. The fourth-order valence-electron chi connectivity index (χ4n) is 4.09. The van der Waals surface area contributed by atoms with Crippen LogP contribution < -0.4 is 5.32 Å². The summed E-state index contributed by atoms with van der Waals surface area (Å²) in [7, 11) is 1.79. The van der Waals surface area contributed by atoms with Crippen molar-refractivity contribution < 1.29 is 9.59 Å². The van der Waals surface area contributed by atoms with Crippen LogP contribution in [0.15, 0.2) is 78.3 Å². The van der Waals surface area contributed by atoms with Gasteiger partial charge in [0.2, 0.25) is 11.8 Å². The number of carbonyl (C=O) groups is 2. The van der Waals surface area contributed by atoms with Crippen molar-refractivity contribution in [1.29, 1.82) is 0 Å². The summed E-state index contributed by atoms with van der Waals surface area (Å²) in [6, 6.07) is 21.5. The van der Waals surface area contributed by atoms with Gasteiger partial charge in [-0.15, -0.1) is 11.3 Å². The Morgan fingerprint density at radius 1 is 1.12 bits per heavy atom. The number of fused-ring (bicyclic) bond motifs is 1. The summed E-state index contributed by atoms with van der Waals surface area (Å²) in [5, 5.41) is 9.70. The Bertz CT molecular complexity index is 1260. The van der Waals surface area contributed by atoms with E-state index in [0.717, 1.165) is 27.4 Å². The van der Waals surface area contributed by atoms with E-state index >= 15 is 0 Å². The Labute approximate surface area is 190 Å². The molecular weight excluding hydrogens is 420 g/mol. The van der Waals surface area contributed by atoms with E-state index in [-0.39, 0.29) is 18.2 Å². The number of hydrogen-bond donors (Lipinski definition) is 1. The van der Waals surface area contributed by atoms with Crippen molar-refractivity contribution >= 4 is 28.8 Å². The molecule has 0 fully saturated rings. The number of nitrogens with zero attached hydrogens (tertiary/aromatic N) is 3. The Balaban J connectivity index is 1.45. The minimum Gasteiger partial charge on any atom is -0.341 e. The van der Waals surface area contributed by atoms with E-state index in [9.17, 15) is 9.59 Å². The minimum absolute atomic E-state index is 0.0723. The predicted octanol–water partition coefficient (Wildman–Crippen LogP) is 4.69. The van der Waals surface area contributed by atoms with Gasteiger partial charge in [0, 0.05) is 37.5 Å². The van der Waals surface area contributed by atoms with E-state index < -0.39 is 5.92 Å². The smallest absolute Gasteiger partial charge is 0.230 e. The number of amides is 2. The number of thiophene rings is 1. The van der Waals surface area contributed by atoms with E-state index in [1.54, 1.807) is 23.3 Å². The van der Waals surface area contributed by atoms with Gasteiger partial charge in [-0.05, 0) is 35.2 Å². The van der Waals surface area contributed by atoms with E-state index in [1.165, 1.54) is 0 Å². The average Bonchev–Trinajstić information content (AvgIpc) is 3.48. The SMILES string of the molecule is CN(Cc1cn(-c2ccccc2)nc1-c1cccs1)C(=O)C1CC(=O)Nc2ccccc21. The second-order valence-corrected chi connectivity index (χ2v) is 8.79. The monoisotopic (exact) mass is 442 g/mol. The molecule has 0 saturated carbocycles. The number of likely N-dealkylation sites (N-methyl/N-ethyl adjacent to an activating group) is 1. The molecule has 0 radical (unpaired) electrons. The highest BCUT2D eigenvalue weighted by Crippen LogP contribution is 2.34. The third kappa shape index (κ3) is 3.83.